The summed E-state index contributed by atoms with van der Waals surface area (Å²) in [5, 5.41) is 11.6. The Bertz CT molecular complexity index is 707. The van der Waals surface area contributed by atoms with E-state index in [4.69, 9.17) is 0 Å². The van der Waals surface area contributed by atoms with E-state index in [9.17, 15) is 4.79 Å². The van der Waals surface area contributed by atoms with Crippen LogP contribution in [0.4, 0.5) is 0 Å². The molecule has 2 aromatic rings. The molecule has 23 heavy (non-hydrogen) atoms. The van der Waals surface area contributed by atoms with Gasteiger partial charge in [0.05, 0.1) is 26.5 Å². The average molecular weight is 447 g/mol. The Morgan fingerprint density at radius 3 is 2.52 bits per heavy atom. The first-order chi connectivity index (χ1) is 10.8. The third-order valence-electron chi connectivity index (χ3n) is 3.87. The second-order valence-electron chi connectivity index (χ2n) is 5.55. The van der Waals surface area contributed by atoms with Gasteiger partial charge in [-0.25, -0.2) is 0 Å². The van der Waals surface area contributed by atoms with Crippen LogP contribution in [0.15, 0.2) is 15.1 Å². The zero-order valence-corrected chi connectivity index (χ0v) is 16.9. The molecular formula is C15H21Br2N5O. The van der Waals surface area contributed by atoms with Crippen molar-refractivity contribution in [3.63, 3.8) is 0 Å². The van der Waals surface area contributed by atoms with Crippen LogP contribution in [-0.2, 0) is 11.3 Å². The molecule has 126 valence electrons. The van der Waals surface area contributed by atoms with Gasteiger partial charge in [0.15, 0.2) is 0 Å². The van der Waals surface area contributed by atoms with Crippen LogP contribution in [0.25, 0.3) is 0 Å². The van der Waals surface area contributed by atoms with Gasteiger partial charge in [-0.1, -0.05) is 0 Å². The fourth-order valence-corrected chi connectivity index (χ4v) is 2.94. The summed E-state index contributed by atoms with van der Waals surface area (Å²) in [5.74, 6) is -0.0294. The zero-order valence-electron chi connectivity index (χ0n) is 13.7. The summed E-state index contributed by atoms with van der Waals surface area (Å²) >= 11 is 6.93. The van der Waals surface area contributed by atoms with Gasteiger partial charge in [0.1, 0.15) is 6.04 Å². The minimum absolute atomic E-state index is 0.0294. The molecule has 2 aromatic heterocycles. The van der Waals surface area contributed by atoms with Gasteiger partial charge in [0.25, 0.3) is 0 Å². The maximum absolute atomic E-state index is 12.2. The molecule has 1 atom stereocenters. The summed E-state index contributed by atoms with van der Waals surface area (Å²) < 4.78 is 5.64. The smallest absolute Gasteiger partial charge is 0.244 e. The predicted molar refractivity (Wildman–Crippen MR) is 96.4 cm³/mol. The summed E-state index contributed by atoms with van der Waals surface area (Å²) in [6, 6.07) is -0.330. The van der Waals surface area contributed by atoms with E-state index in [0.717, 1.165) is 39.0 Å². The monoisotopic (exact) mass is 445 g/mol. The molecule has 0 fully saturated rings. The number of nitrogens with one attached hydrogen (secondary N) is 1. The largest absolute Gasteiger partial charge is 0.354 e. The van der Waals surface area contributed by atoms with Crippen molar-refractivity contribution in [3.8, 4) is 0 Å². The van der Waals surface area contributed by atoms with E-state index in [1.54, 1.807) is 10.9 Å². The fourth-order valence-electron chi connectivity index (χ4n) is 2.38. The molecule has 2 rings (SSSR count). The van der Waals surface area contributed by atoms with Gasteiger partial charge < -0.3 is 5.32 Å². The standard InChI is InChI=1S/C15H21Br2N5O/c1-9-14(17)11(3)21(20-9)7-5-6-18-15(23)12(4)22-10(2)13(16)8-19-22/h8,12H,5-7H2,1-4H3,(H,18,23). The first-order valence-electron chi connectivity index (χ1n) is 7.49. The molecule has 0 radical (unpaired) electrons. The number of hydrogen-bond acceptors (Lipinski definition) is 3. The minimum Gasteiger partial charge on any atom is -0.354 e. The number of hydrogen-bond donors (Lipinski definition) is 1. The Hall–Kier alpha value is -1.15. The second-order valence-corrected chi connectivity index (χ2v) is 7.20. The predicted octanol–water partition coefficient (Wildman–Crippen LogP) is 3.30. The number of nitrogens with zero attached hydrogens (tertiary/aromatic N) is 4. The van der Waals surface area contributed by atoms with Crippen molar-refractivity contribution in [2.75, 3.05) is 6.54 Å². The van der Waals surface area contributed by atoms with E-state index in [0.29, 0.717) is 6.54 Å². The lowest BCUT2D eigenvalue weighted by Crippen LogP contribution is -2.33. The van der Waals surface area contributed by atoms with Gasteiger partial charge in [-0.05, 0) is 66.0 Å². The number of aromatic nitrogens is 4. The number of carbonyl (C=O) groups is 1. The van der Waals surface area contributed by atoms with Crippen LogP contribution in [0.2, 0.25) is 0 Å². The molecule has 2 heterocycles. The number of carbonyl (C=O) groups excluding carboxylic acids is 1. The third kappa shape index (κ3) is 4.03. The van der Waals surface area contributed by atoms with Gasteiger partial charge in [0, 0.05) is 18.8 Å². The molecule has 0 aliphatic heterocycles. The van der Waals surface area contributed by atoms with Gasteiger partial charge >= 0.3 is 0 Å². The first-order valence-corrected chi connectivity index (χ1v) is 9.08. The van der Waals surface area contributed by atoms with Crippen LogP contribution in [0.1, 0.15) is 36.5 Å². The van der Waals surface area contributed by atoms with Crippen molar-refractivity contribution in [3.05, 3.63) is 32.2 Å². The number of aryl methyl sites for hydroxylation is 2. The number of rotatable bonds is 6. The Balaban J connectivity index is 1.83. The summed E-state index contributed by atoms with van der Waals surface area (Å²) in [7, 11) is 0. The number of halogens is 2. The zero-order chi connectivity index (χ0) is 17.1. The van der Waals surface area contributed by atoms with Crippen molar-refractivity contribution >= 4 is 37.8 Å². The Morgan fingerprint density at radius 1 is 1.30 bits per heavy atom. The lowest BCUT2D eigenvalue weighted by atomic mass is 10.3. The van der Waals surface area contributed by atoms with Crippen LogP contribution in [-0.4, -0.2) is 32.0 Å². The summed E-state index contributed by atoms with van der Waals surface area (Å²) in [6.07, 6.45) is 2.54. The van der Waals surface area contributed by atoms with Gasteiger partial charge in [-0.15, -0.1) is 0 Å². The highest BCUT2D eigenvalue weighted by Crippen LogP contribution is 2.20. The van der Waals surface area contributed by atoms with Crippen LogP contribution in [0.3, 0.4) is 0 Å². The molecule has 0 bridgehead atoms. The second kappa shape index (κ2) is 7.61. The summed E-state index contributed by atoms with van der Waals surface area (Å²) in [5.41, 5.74) is 3.04. The molecule has 0 aliphatic carbocycles. The average Bonchev–Trinajstić information content (AvgIpc) is 2.98. The van der Waals surface area contributed by atoms with E-state index < -0.39 is 0 Å². The van der Waals surface area contributed by atoms with Gasteiger partial charge in [-0.3, -0.25) is 14.2 Å². The maximum Gasteiger partial charge on any atom is 0.244 e. The van der Waals surface area contributed by atoms with Crippen molar-refractivity contribution in [2.45, 2.75) is 46.7 Å². The van der Waals surface area contributed by atoms with E-state index in [-0.39, 0.29) is 11.9 Å². The summed E-state index contributed by atoms with van der Waals surface area (Å²) in [6.45, 7) is 9.17. The van der Waals surface area contributed by atoms with Crippen molar-refractivity contribution in [2.24, 2.45) is 0 Å². The van der Waals surface area contributed by atoms with E-state index >= 15 is 0 Å². The normalized spacial score (nSPS) is 12.4. The molecular weight excluding hydrogens is 426 g/mol. The molecule has 0 saturated carbocycles. The minimum atomic E-state index is -0.330. The molecule has 0 aliphatic rings. The van der Waals surface area contributed by atoms with Crippen molar-refractivity contribution in [1.82, 2.24) is 24.9 Å². The molecule has 1 N–H and O–H groups in total. The third-order valence-corrected chi connectivity index (χ3v) is 5.80. The summed E-state index contributed by atoms with van der Waals surface area (Å²) in [4.78, 5) is 12.2. The topological polar surface area (TPSA) is 64.7 Å². The van der Waals surface area contributed by atoms with Crippen LogP contribution >= 0.6 is 31.9 Å². The lowest BCUT2D eigenvalue weighted by Gasteiger charge is -2.14. The lowest BCUT2D eigenvalue weighted by molar-refractivity contribution is -0.124. The Kier molecular flexibility index (Phi) is 6.02. The fraction of sp³-hybridized carbons (Fsp3) is 0.533. The van der Waals surface area contributed by atoms with Gasteiger partial charge in [0.2, 0.25) is 5.91 Å². The highest BCUT2D eigenvalue weighted by Gasteiger charge is 2.18. The van der Waals surface area contributed by atoms with E-state index in [1.165, 1.54) is 0 Å². The molecule has 1 unspecified atom stereocenters. The maximum atomic E-state index is 12.2. The van der Waals surface area contributed by atoms with Crippen LogP contribution in [0.5, 0.6) is 0 Å². The molecule has 0 saturated heterocycles. The Morgan fingerprint density at radius 2 is 2.00 bits per heavy atom. The molecule has 6 nitrogen and oxygen atoms in total. The van der Waals surface area contributed by atoms with Crippen LogP contribution in [0, 0.1) is 20.8 Å². The SMILES string of the molecule is Cc1nn(CCCNC(=O)C(C)n2ncc(Br)c2C)c(C)c1Br. The molecule has 0 spiro atoms. The number of amides is 1. The van der Waals surface area contributed by atoms with Crippen molar-refractivity contribution in [1.29, 1.82) is 0 Å². The van der Waals surface area contributed by atoms with Gasteiger partial charge in [-0.2, -0.15) is 10.2 Å². The molecule has 1 amide bonds. The van der Waals surface area contributed by atoms with E-state index in [1.807, 2.05) is 32.4 Å². The Labute approximate surface area is 152 Å². The van der Waals surface area contributed by atoms with E-state index in [2.05, 4.69) is 47.4 Å². The molecule has 8 heteroatoms. The van der Waals surface area contributed by atoms with Crippen molar-refractivity contribution < 1.29 is 4.79 Å². The molecule has 0 aromatic carbocycles. The first kappa shape index (κ1) is 18.2. The van der Waals surface area contributed by atoms with Crippen LogP contribution < -0.4 is 5.32 Å². The quantitative estimate of drug-likeness (QED) is 0.692. The highest BCUT2D eigenvalue weighted by molar-refractivity contribution is 9.10. The highest BCUT2D eigenvalue weighted by atomic mass is 79.9.